The molecule has 0 bridgehead atoms. The normalized spacial score (nSPS) is 10.8. The fraction of sp³-hybridized carbons (Fsp3) is 0.261. The third kappa shape index (κ3) is 4.54. The predicted molar refractivity (Wildman–Crippen MR) is 116 cm³/mol. The summed E-state index contributed by atoms with van der Waals surface area (Å²) in [5.41, 5.74) is 1.39. The van der Waals surface area contributed by atoms with Crippen LogP contribution in [0.4, 0.5) is 0 Å². The molecule has 2 aromatic heterocycles. The van der Waals surface area contributed by atoms with Crippen LogP contribution < -0.4 is 11.2 Å². The van der Waals surface area contributed by atoms with Crippen molar-refractivity contribution in [1.82, 2.24) is 19.1 Å². The van der Waals surface area contributed by atoms with Crippen molar-refractivity contribution < 1.29 is 40.4 Å². The monoisotopic (exact) mass is 540 g/mol. The predicted octanol–water partition coefficient (Wildman–Crippen LogP) is 3.14. The zero-order chi connectivity index (χ0) is 19.8. The third-order valence-electron chi connectivity index (χ3n) is 4.82. The topological polar surface area (TPSA) is 69.8 Å². The van der Waals surface area contributed by atoms with E-state index in [-0.39, 0.29) is 64.9 Å². The Balaban J connectivity index is 0.00000160. The fourth-order valence-electron chi connectivity index (χ4n) is 3.46. The second kappa shape index (κ2) is 9.91. The fourth-order valence-corrected chi connectivity index (χ4v) is 3.46. The van der Waals surface area contributed by atoms with Gasteiger partial charge in [0.05, 0.1) is 5.65 Å². The van der Waals surface area contributed by atoms with E-state index < -0.39 is 5.56 Å². The van der Waals surface area contributed by atoms with Gasteiger partial charge in [0.2, 0.25) is 5.56 Å². The van der Waals surface area contributed by atoms with Crippen LogP contribution in [0.15, 0.2) is 52.1 Å². The first kappa shape index (κ1) is 24.3. The van der Waals surface area contributed by atoms with E-state index in [9.17, 15) is 9.59 Å². The van der Waals surface area contributed by atoms with Gasteiger partial charge in [-0.25, -0.2) is 4.79 Å². The minimum Gasteiger partial charge on any atom is -0.442 e. The van der Waals surface area contributed by atoms with Crippen molar-refractivity contribution in [1.29, 1.82) is 0 Å². The minimum atomic E-state index is -0.444. The van der Waals surface area contributed by atoms with Crippen molar-refractivity contribution >= 4 is 21.9 Å². The summed E-state index contributed by atoms with van der Waals surface area (Å²) in [6, 6.07) is 14.3. The van der Waals surface area contributed by atoms with Gasteiger partial charge in [-0.1, -0.05) is 56.3 Å². The summed E-state index contributed by atoms with van der Waals surface area (Å²) in [6.07, 6.45) is 3.43. The standard InChI is InChI=1S/C22H21N4O2.CH3.Sm/c1-14(2)13-26-20-19(21(27)25(3)22(26)28)23-12-17(24-20)11-16-9-6-8-15-7-4-5-10-18(15)16;;/h4-10,14H,11,13H2,1-3H3;1H3;/q2*-1;. The summed E-state index contributed by atoms with van der Waals surface area (Å²) in [7, 11) is 1.46. The molecule has 0 radical (unpaired) electrons. The first-order valence-corrected chi connectivity index (χ1v) is 9.30. The molecule has 0 atom stereocenters. The molecule has 0 saturated heterocycles. The molecule has 0 unspecified atom stereocenters. The van der Waals surface area contributed by atoms with Crippen molar-refractivity contribution in [3.8, 4) is 0 Å². The first-order chi connectivity index (χ1) is 13.5. The van der Waals surface area contributed by atoms with Crippen LogP contribution in [0.25, 0.3) is 21.9 Å². The van der Waals surface area contributed by atoms with E-state index in [4.69, 9.17) is 0 Å². The third-order valence-corrected chi connectivity index (χ3v) is 4.82. The Bertz CT molecular complexity index is 1300. The summed E-state index contributed by atoms with van der Waals surface area (Å²) in [6.45, 7) is 4.50. The van der Waals surface area contributed by atoms with Crippen LogP contribution in [0.5, 0.6) is 0 Å². The molecule has 0 aliphatic rings. The summed E-state index contributed by atoms with van der Waals surface area (Å²) < 4.78 is 2.62. The maximum atomic E-state index is 12.6. The van der Waals surface area contributed by atoms with Crippen LogP contribution in [-0.4, -0.2) is 19.1 Å². The Hall–Kier alpha value is -1.94. The van der Waals surface area contributed by atoms with Gasteiger partial charge < -0.3 is 12.4 Å². The van der Waals surface area contributed by atoms with Gasteiger partial charge in [0, 0.05) is 59.5 Å². The van der Waals surface area contributed by atoms with Gasteiger partial charge in [0.25, 0.3) is 0 Å². The molecule has 0 aliphatic heterocycles. The Morgan fingerprint density at radius 2 is 1.77 bits per heavy atom. The second-order valence-corrected chi connectivity index (χ2v) is 7.42. The first-order valence-electron chi connectivity index (χ1n) is 9.30. The molecule has 6 nitrogen and oxygen atoms in total. The average molecular weight is 539 g/mol. The quantitative estimate of drug-likeness (QED) is 0.375. The minimum absolute atomic E-state index is 0. The molecule has 7 heteroatoms. The van der Waals surface area contributed by atoms with Crippen LogP contribution >= 0.6 is 0 Å². The molecule has 0 N–H and O–H groups in total. The second-order valence-electron chi connectivity index (χ2n) is 7.42. The van der Waals surface area contributed by atoms with Gasteiger partial charge in [-0.2, -0.15) is 0 Å². The van der Waals surface area contributed by atoms with Gasteiger partial charge in [0.1, 0.15) is 0 Å². The molecule has 0 aliphatic carbocycles. The molecule has 30 heavy (non-hydrogen) atoms. The van der Waals surface area contributed by atoms with Crippen molar-refractivity contribution in [2.24, 2.45) is 13.0 Å². The number of hydrogen-bond acceptors (Lipinski definition) is 4. The number of nitrogens with zero attached hydrogens (tertiary/aromatic N) is 4. The summed E-state index contributed by atoms with van der Waals surface area (Å²) >= 11 is 0. The van der Waals surface area contributed by atoms with E-state index in [0.717, 1.165) is 20.9 Å². The summed E-state index contributed by atoms with van der Waals surface area (Å²) in [4.78, 5) is 34.0. The zero-order valence-corrected chi connectivity index (χ0v) is 20.2. The SMILES string of the molecule is CC(C)Cn1c(=O)n(C)c(=O)c2n[c-]c(Cc3cccc4ccccc34)nc21.[CH3-].[Sm]. The van der Waals surface area contributed by atoms with Gasteiger partial charge in [-0.05, 0) is 34.4 Å². The van der Waals surface area contributed by atoms with E-state index in [2.05, 4.69) is 34.4 Å². The smallest absolute Gasteiger partial charge is 0.330 e. The molecule has 2 aromatic carbocycles. The van der Waals surface area contributed by atoms with Gasteiger partial charge >= 0.3 is 5.69 Å². The van der Waals surface area contributed by atoms with Gasteiger partial charge in [0.15, 0.2) is 0 Å². The van der Waals surface area contributed by atoms with Crippen LogP contribution in [0.3, 0.4) is 0 Å². The number of aromatic nitrogens is 4. The Morgan fingerprint density at radius 1 is 1.07 bits per heavy atom. The van der Waals surface area contributed by atoms with Crippen LogP contribution in [0.2, 0.25) is 0 Å². The molecule has 0 fully saturated rings. The average Bonchev–Trinajstić information content (AvgIpc) is 2.69. The van der Waals surface area contributed by atoms with Crippen molar-refractivity contribution in [2.75, 3.05) is 0 Å². The number of hydrogen-bond donors (Lipinski definition) is 0. The van der Waals surface area contributed by atoms with Gasteiger partial charge in [-0.15, -0.1) is 6.20 Å². The number of rotatable bonds is 4. The van der Waals surface area contributed by atoms with Crippen LogP contribution in [0.1, 0.15) is 25.1 Å². The van der Waals surface area contributed by atoms with Crippen molar-refractivity contribution in [2.45, 2.75) is 26.8 Å². The van der Waals surface area contributed by atoms with E-state index in [0.29, 0.717) is 24.3 Å². The zero-order valence-electron chi connectivity index (χ0n) is 17.5. The van der Waals surface area contributed by atoms with E-state index in [1.807, 2.05) is 38.1 Å². The molecule has 4 rings (SSSR count). The Kier molecular flexibility index (Phi) is 8.04. The summed E-state index contributed by atoms with van der Waals surface area (Å²) in [5.74, 6) is 0.228. The largest absolute Gasteiger partial charge is 0.442 e. The maximum Gasteiger partial charge on any atom is 0.330 e. The Labute approximate surface area is 208 Å². The number of fused-ring (bicyclic) bond motifs is 2. The van der Waals surface area contributed by atoms with E-state index >= 15 is 0 Å². The van der Waals surface area contributed by atoms with Crippen LogP contribution in [0, 0.1) is 59.9 Å². The van der Waals surface area contributed by atoms with Gasteiger partial charge in [-0.3, -0.25) is 18.9 Å². The molecular weight excluding hydrogens is 515 g/mol. The molecule has 0 saturated carbocycles. The van der Waals surface area contributed by atoms with Crippen molar-refractivity contribution in [3.05, 3.63) is 88.2 Å². The molecule has 2 heterocycles. The summed E-state index contributed by atoms with van der Waals surface area (Å²) in [5, 5.41) is 2.29. The van der Waals surface area contributed by atoms with Crippen LogP contribution in [-0.2, 0) is 20.0 Å². The number of benzene rings is 2. The van der Waals surface area contributed by atoms with E-state index in [1.165, 1.54) is 11.6 Å². The molecule has 0 spiro atoms. The van der Waals surface area contributed by atoms with Crippen molar-refractivity contribution in [3.63, 3.8) is 0 Å². The molecule has 4 aromatic rings. The Morgan fingerprint density at radius 3 is 2.50 bits per heavy atom. The molecule has 156 valence electrons. The molecule has 0 amide bonds. The molecular formula is C23H24N4O2Sm-2. The van der Waals surface area contributed by atoms with E-state index in [1.54, 1.807) is 0 Å². The maximum absolute atomic E-state index is 12.6.